The molecule has 1 heterocycles. The molecule has 0 bridgehead atoms. The average molecular weight is 361 g/mol. The summed E-state index contributed by atoms with van der Waals surface area (Å²) in [6.07, 6.45) is 2.49. The van der Waals surface area contributed by atoms with Gasteiger partial charge in [-0.15, -0.1) is 11.3 Å². The van der Waals surface area contributed by atoms with Crippen LogP contribution in [0.5, 0.6) is 0 Å². The number of nitro groups is 1. The molecule has 6 heteroatoms. The first-order chi connectivity index (χ1) is 12.6. The van der Waals surface area contributed by atoms with Crippen molar-refractivity contribution in [1.82, 2.24) is 4.98 Å². The minimum absolute atomic E-state index is 0.0350. The lowest BCUT2D eigenvalue weighted by Gasteiger charge is -2.00. The van der Waals surface area contributed by atoms with Crippen LogP contribution in [0.15, 0.2) is 53.9 Å². The lowest BCUT2D eigenvalue weighted by molar-refractivity contribution is -0.385. The number of nitrogens with zero attached hydrogens (tertiary/aromatic N) is 3. The normalized spacial score (nSPS) is 11.2. The molecule has 0 spiro atoms. The van der Waals surface area contributed by atoms with Crippen LogP contribution in [0.1, 0.15) is 23.1 Å². The van der Waals surface area contributed by atoms with Crippen LogP contribution in [0.25, 0.3) is 22.9 Å². The van der Waals surface area contributed by atoms with Crippen LogP contribution in [-0.2, 0) is 6.42 Å². The van der Waals surface area contributed by atoms with E-state index >= 15 is 0 Å². The van der Waals surface area contributed by atoms with Crippen molar-refractivity contribution in [2.24, 2.45) is 0 Å². The van der Waals surface area contributed by atoms with Crippen molar-refractivity contribution in [3.8, 4) is 17.3 Å². The molecule has 0 amide bonds. The van der Waals surface area contributed by atoms with Crippen LogP contribution in [0, 0.1) is 21.4 Å². The van der Waals surface area contributed by atoms with Crippen LogP contribution in [0.3, 0.4) is 0 Å². The van der Waals surface area contributed by atoms with E-state index in [4.69, 9.17) is 0 Å². The summed E-state index contributed by atoms with van der Waals surface area (Å²) in [5.41, 5.74) is 3.67. The molecule has 0 aliphatic rings. The Morgan fingerprint density at radius 1 is 1.27 bits per heavy atom. The van der Waals surface area contributed by atoms with Gasteiger partial charge in [-0.2, -0.15) is 5.26 Å². The third-order valence-corrected chi connectivity index (χ3v) is 4.82. The topological polar surface area (TPSA) is 79.8 Å². The van der Waals surface area contributed by atoms with Crippen molar-refractivity contribution in [3.05, 3.63) is 80.2 Å². The van der Waals surface area contributed by atoms with Gasteiger partial charge in [-0.25, -0.2) is 4.98 Å². The highest BCUT2D eigenvalue weighted by Crippen LogP contribution is 2.29. The molecule has 0 fully saturated rings. The SMILES string of the molecule is CCc1ccc(-c2csc(/C(C#N)=C\c3ccccc3[N+](=O)[O-])n2)cc1. The third-order valence-electron chi connectivity index (χ3n) is 3.95. The lowest BCUT2D eigenvalue weighted by Crippen LogP contribution is -1.91. The molecule has 1 aromatic heterocycles. The van der Waals surface area contributed by atoms with Crippen molar-refractivity contribution in [2.45, 2.75) is 13.3 Å². The van der Waals surface area contributed by atoms with E-state index in [9.17, 15) is 15.4 Å². The van der Waals surface area contributed by atoms with Crippen molar-refractivity contribution < 1.29 is 4.92 Å². The zero-order chi connectivity index (χ0) is 18.5. The zero-order valence-electron chi connectivity index (χ0n) is 14.0. The second-order valence-corrected chi connectivity index (χ2v) is 6.43. The fraction of sp³-hybridized carbons (Fsp3) is 0.100. The predicted molar refractivity (Wildman–Crippen MR) is 104 cm³/mol. The number of hydrogen-bond donors (Lipinski definition) is 0. The summed E-state index contributed by atoms with van der Waals surface area (Å²) in [6.45, 7) is 2.10. The number of aryl methyl sites for hydroxylation is 1. The molecule has 5 nitrogen and oxygen atoms in total. The number of aromatic nitrogens is 1. The van der Waals surface area contributed by atoms with Crippen molar-refractivity contribution in [3.63, 3.8) is 0 Å². The molecule has 0 saturated heterocycles. The van der Waals surface area contributed by atoms with Gasteiger partial charge < -0.3 is 0 Å². The molecule has 0 atom stereocenters. The summed E-state index contributed by atoms with van der Waals surface area (Å²) in [4.78, 5) is 15.2. The Bertz CT molecular complexity index is 1010. The van der Waals surface area contributed by atoms with Crippen molar-refractivity contribution >= 4 is 28.7 Å². The molecule has 0 unspecified atom stereocenters. The fourth-order valence-electron chi connectivity index (χ4n) is 2.51. The molecule has 0 saturated carbocycles. The van der Waals surface area contributed by atoms with Gasteiger partial charge in [0.25, 0.3) is 5.69 Å². The van der Waals surface area contributed by atoms with Crippen LogP contribution in [0.4, 0.5) is 5.69 Å². The van der Waals surface area contributed by atoms with Gasteiger partial charge in [0.05, 0.1) is 21.8 Å². The lowest BCUT2D eigenvalue weighted by atomic mass is 10.1. The number of para-hydroxylation sites is 1. The standard InChI is InChI=1S/C20H15N3O2S/c1-2-14-7-9-15(10-8-14)18-13-26-20(22-18)17(12-21)11-16-5-3-4-6-19(16)23(24)25/h3-11,13H,2H2,1H3/b17-11-. The van der Waals surface area contributed by atoms with Gasteiger partial charge in [0.1, 0.15) is 11.1 Å². The Kier molecular flexibility index (Phi) is 5.20. The highest BCUT2D eigenvalue weighted by atomic mass is 32.1. The van der Waals surface area contributed by atoms with E-state index in [1.807, 2.05) is 17.5 Å². The first-order valence-electron chi connectivity index (χ1n) is 8.02. The summed E-state index contributed by atoms with van der Waals surface area (Å²) < 4.78 is 0. The highest BCUT2D eigenvalue weighted by molar-refractivity contribution is 7.11. The molecule has 0 aliphatic carbocycles. The van der Waals surface area contributed by atoms with E-state index in [1.54, 1.807) is 18.2 Å². The Morgan fingerprint density at radius 2 is 2.00 bits per heavy atom. The number of rotatable bonds is 5. The van der Waals surface area contributed by atoms with Crippen LogP contribution < -0.4 is 0 Å². The number of thiazole rings is 1. The first kappa shape index (κ1) is 17.5. The molecule has 128 valence electrons. The van der Waals surface area contributed by atoms with Gasteiger partial charge in [-0.3, -0.25) is 10.1 Å². The van der Waals surface area contributed by atoms with Crippen LogP contribution in [0.2, 0.25) is 0 Å². The molecule has 3 aromatic rings. The first-order valence-corrected chi connectivity index (χ1v) is 8.90. The molecule has 0 N–H and O–H groups in total. The molecule has 26 heavy (non-hydrogen) atoms. The largest absolute Gasteiger partial charge is 0.276 e. The van der Waals surface area contributed by atoms with Gasteiger partial charge in [-0.05, 0) is 24.1 Å². The quantitative estimate of drug-likeness (QED) is 0.349. The summed E-state index contributed by atoms with van der Waals surface area (Å²) in [5, 5.41) is 23.1. The van der Waals surface area contributed by atoms with E-state index in [1.165, 1.54) is 29.0 Å². The van der Waals surface area contributed by atoms with Crippen molar-refractivity contribution in [1.29, 1.82) is 5.26 Å². The summed E-state index contributed by atoms with van der Waals surface area (Å²) >= 11 is 1.35. The van der Waals surface area contributed by atoms with Crippen molar-refractivity contribution in [2.75, 3.05) is 0 Å². The van der Waals surface area contributed by atoms with Gasteiger partial charge in [0.15, 0.2) is 0 Å². The Balaban J connectivity index is 1.96. The summed E-state index contributed by atoms with van der Waals surface area (Å²) in [7, 11) is 0. The Hall–Kier alpha value is -3.30. The van der Waals surface area contributed by atoms with E-state index in [0.29, 0.717) is 16.1 Å². The van der Waals surface area contributed by atoms with E-state index in [-0.39, 0.29) is 5.69 Å². The van der Waals surface area contributed by atoms with Crippen LogP contribution >= 0.6 is 11.3 Å². The molecule has 0 radical (unpaired) electrons. The highest BCUT2D eigenvalue weighted by Gasteiger charge is 2.14. The minimum atomic E-state index is -0.455. The number of hydrogen-bond acceptors (Lipinski definition) is 5. The average Bonchev–Trinajstić information content (AvgIpc) is 3.16. The maximum absolute atomic E-state index is 11.1. The van der Waals surface area contributed by atoms with E-state index in [2.05, 4.69) is 30.1 Å². The smallest absolute Gasteiger partial charge is 0.258 e. The van der Waals surface area contributed by atoms with E-state index < -0.39 is 4.92 Å². The fourth-order valence-corrected chi connectivity index (χ4v) is 3.31. The Morgan fingerprint density at radius 3 is 2.65 bits per heavy atom. The minimum Gasteiger partial charge on any atom is -0.258 e. The predicted octanol–water partition coefficient (Wildman–Crippen LogP) is 5.34. The maximum Gasteiger partial charge on any atom is 0.276 e. The second kappa shape index (κ2) is 7.72. The maximum atomic E-state index is 11.1. The van der Waals surface area contributed by atoms with Gasteiger partial charge >= 0.3 is 0 Å². The molecular weight excluding hydrogens is 346 g/mol. The number of nitro benzene ring substituents is 1. The third kappa shape index (κ3) is 3.68. The summed E-state index contributed by atoms with van der Waals surface area (Å²) in [5.74, 6) is 0. The van der Waals surface area contributed by atoms with Crippen LogP contribution in [-0.4, -0.2) is 9.91 Å². The number of allylic oxidation sites excluding steroid dienone is 1. The second-order valence-electron chi connectivity index (χ2n) is 5.57. The molecule has 0 aliphatic heterocycles. The van der Waals surface area contributed by atoms with Gasteiger partial charge in [0.2, 0.25) is 0 Å². The molecule has 3 rings (SSSR count). The van der Waals surface area contributed by atoms with Gasteiger partial charge in [0, 0.05) is 17.0 Å². The zero-order valence-corrected chi connectivity index (χ0v) is 14.9. The number of benzene rings is 2. The molecular formula is C20H15N3O2S. The number of nitriles is 1. The monoisotopic (exact) mass is 361 g/mol. The van der Waals surface area contributed by atoms with Gasteiger partial charge in [-0.1, -0.05) is 43.3 Å². The summed E-state index contributed by atoms with van der Waals surface area (Å²) in [6, 6.07) is 16.6. The molecule has 2 aromatic carbocycles. The Labute approximate surface area is 155 Å². The van der Waals surface area contributed by atoms with E-state index in [0.717, 1.165) is 17.7 Å².